The van der Waals surface area contributed by atoms with Gasteiger partial charge in [0.05, 0.1) is 5.57 Å². The molecular weight excluding hydrogens is 202 g/mol. The van der Waals surface area contributed by atoms with Gasteiger partial charge in [-0.2, -0.15) is 5.26 Å². The Morgan fingerprint density at radius 2 is 2.00 bits per heavy atom. The molecule has 0 saturated carbocycles. The van der Waals surface area contributed by atoms with E-state index in [9.17, 15) is 4.79 Å². The maximum absolute atomic E-state index is 12.0. The number of nitriles is 1. The summed E-state index contributed by atoms with van der Waals surface area (Å²) in [6.07, 6.45) is 4.60. The first kappa shape index (κ1) is 11.3. The Bertz CT molecular complexity index is 381. The Morgan fingerprint density at radius 1 is 1.38 bits per heavy atom. The third-order valence-electron chi connectivity index (χ3n) is 3.71. The number of carbonyl (C=O) groups is 1. The van der Waals surface area contributed by atoms with Gasteiger partial charge < -0.3 is 4.74 Å². The lowest BCUT2D eigenvalue weighted by Crippen LogP contribution is -2.41. The van der Waals surface area contributed by atoms with Gasteiger partial charge in [0.15, 0.2) is 5.78 Å². The minimum absolute atomic E-state index is 0.00730. The zero-order valence-electron chi connectivity index (χ0n) is 9.88. The molecule has 0 N–H and O–H groups in total. The molecule has 0 amide bonds. The molecule has 3 nitrogen and oxygen atoms in total. The molecule has 2 aliphatic rings. The van der Waals surface area contributed by atoms with Crippen LogP contribution in [-0.4, -0.2) is 19.0 Å². The quantitative estimate of drug-likeness (QED) is 0.627. The normalized spacial score (nSPS) is 27.3. The highest BCUT2D eigenvalue weighted by atomic mass is 16.5. The van der Waals surface area contributed by atoms with Crippen LogP contribution in [0, 0.1) is 22.2 Å². The van der Waals surface area contributed by atoms with Crippen LogP contribution in [0.3, 0.4) is 0 Å². The number of allylic oxidation sites excluding steroid dienone is 2. The van der Waals surface area contributed by atoms with E-state index in [1.165, 1.54) is 0 Å². The van der Waals surface area contributed by atoms with E-state index in [0.717, 1.165) is 32.5 Å². The van der Waals surface area contributed by atoms with E-state index >= 15 is 0 Å². The van der Waals surface area contributed by atoms with Gasteiger partial charge in [-0.05, 0) is 24.7 Å². The molecule has 0 radical (unpaired) electrons. The Labute approximate surface area is 96.1 Å². The zero-order valence-corrected chi connectivity index (χ0v) is 9.88. The number of Topliss-reactive ketones (excluding diaryl/α,β-unsaturated/α-hetero) is 1. The number of ether oxygens (including phenoxy) is 1. The van der Waals surface area contributed by atoms with Gasteiger partial charge in [-0.3, -0.25) is 4.79 Å². The molecule has 2 rings (SSSR count). The number of hydrogen-bond acceptors (Lipinski definition) is 3. The van der Waals surface area contributed by atoms with E-state index in [-0.39, 0.29) is 11.2 Å². The lowest BCUT2D eigenvalue weighted by molar-refractivity contribution is -0.126. The van der Waals surface area contributed by atoms with Crippen LogP contribution >= 0.6 is 0 Å². The standard InChI is InChI=1S/C13H17NO2/c1-12(2)9-13(3-5-16-6-4-13)7-10(8-14)11(12)15/h7H,3-6,9H2,1-2H3. The smallest absolute Gasteiger partial charge is 0.178 e. The average molecular weight is 219 g/mol. The first-order valence-electron chi connectivity index (χ1n) is 5.75. The molecular formula is C13H17NO2. The summed E-state index contributed by atoms with van der Waals surface area (Å²) in [7, 11) is 0. The van der Waals surface area contributed by atoms with Gasteiger partial charge in [-0.15, -0.1) is 0 Å². The molecule has 1 aliphatic heterocycles. The number of ketones is 1. The summed E-state index contributed by atoms with van der Waals surface area (Å²) in [6, 6.07) is 2.05. The fourth-order valence-corrected chi connectivity index (χ4v) is 2.93. The summed E-state index contributed by atoms with van der Waals surface area (Å²) in [4.78, 5) is 12.0. The summed E-state index contributed by atoms with van der Waals surface area (Å²) < 4.78 is 5.36. The van der Waals surface area contributed by atoms with Gasteiger partial charge in [0.25, 0.3) is 0 Å². The lowest BCUT2D eigenvalue weighted by Gasteiger charge is -2.43. The molecule has 16 heavy (non-hydrogen) atoms. The van der Waals surface area contributed by atoms with Crippen LogP contribution in [0.5, 0.6) is 0 Å². The van der Waals surface area contributed by atoms with Crippen molar-refractivity contribution in [3.05, 3.63) is 11.6 Å². The predicted octanol–water partition coefficient (Wildman–Crippen LogP) is 2.23. The van der Waals surface area contributed by atoms with Crippen LogP contribution in [-0.2, 0) is 9.53 Å². The summed E-state index contributed by atoms with van der Waals surface area (Å²) in [5.74, 6) is -0.00730. The molecule has 3 heteroatoms. The van der Waals surface area contributed by atoms with Gasteiger partial charge in [0.1, 0.15) is 6.07 Å². The first-order valence-corrected chi connectivity index (χ1v) is 5.75. The molecule has 0 aromatic carbocycles. The van der Waals surface area contributed by atoms with E-state index in [1.54, 1.807) is 0 Å². The third-order valence-corrected chi connectivity index (χ3v) is 3.71. The van der Waals surface area contributed by atoms with Crippen molar-refractivity contribution in [1.29, 1.82) is 5.26 Å². The Morgan fingerprint density at radius 3 is 2.56 bits per heavy atom. The Hall–Kier alpha value is -1.14. The summed E-state index contributed by atoms with van der Waals surface area (Å²) >= 11 is 0. The minimum Gasteiger partial charge on any atom is -0.381 e. The van der Waals surface area contributed by atoms with Crippen molar-refractivity contribution >= 4 is 5.78 Å². The zero-order chi connectivity index (χ0) is 11.8. The number of nitrogens with zero attached hydrogens (tertiary/aromatic N) is 1. The highest BCUT2D eigenvalue weighted by Gasteiger charge is 2.45. The molecule has 1 saturated heterocycles. The van der Waals surface area contributed by atoms with Gasteiger partial charge in [-0.1, -0.05) is 19.9 Å². The number of rotatable bonds is 0. The van der Waals surface area contributed by atoms with Gasteiger partial charge in [-0.25, -0.2) is 0 Å². The van der Waals surface area contributed by atoms with Crippen LogP contribution in [0.25, 0.3) is 0 Å². The lowest BCUT2D eigenvalue weighted by atomic mass is 9.61. The largest absolute Gasteiger partial charge is 0.381 e. The summed E-state index contributed by atoms with van der Waals surface area (Å²) in [5.41, 5.74) is -0.0455. The maximum atomic E-state index is 12.0. The molecule has 0 bridgehead atoms. The topological polar surface area (TPSA) is 50.1 Å². The highest BCUT2D eigenvalue weighted by molar-refractivity contribution is 6.03. The third kappa shape index (κ3) is 1.78. The van der Waals surface area contributed by atoms with Crippen LogP contribution < -0.4 is 0 Å². The second-order valence-electron chi connectivity index (χ2n) is 5.53. The second kappa shape index (κ2) is 3.71. The van der Waals surface area contributed by atoms with E-state index < -0.39 is 5.41 Å². The highest BCUT2D eigenvalue weighted by Crippen LogP contribution is 2.48. The molecule has 1 fully saturated rings. The molecule has 0 atom stereocenters. The van der Waals surface area contributed by atoms with E-state index in [4.69, 9.17) is 10.00 Å². The summed E-state index contributed by atoms with van der Waals surface area (Å²) in [5, 5.41) is 9.04. The van der Waals surface area contributed by atoms with Crippen molar-refractivity contribution in [1.82, 2.24) is 0 Å². The van der Waals surface area contributed by atoms with Crippen molar-refractivity contribution in [3.8, 4) is 6.07 Å². The molecule has 1 spiro atoms. The molecule has 0 unspecified atom stereocenters. The van der Waals surface area contributed by atoms with Crippen molar-refractivity contribution < 1.29 is 9.53 Å². The van der Waals surface area contributed by atoms with Gasteiger partial charge >= 0.3 is 0 Å². The van der Waals surface area contributed by atoms with Crippen molar-refractivity contribution in [2.75, 3.05) is 13.2 Å². The molecule has 0 aromatic rings. The average Bonchev–Trinajstić information content (AvgIpc) is 2.24. The fourth-order valence-electron chi connectivity index (χ4n) is 2.93. The summed E-state index contributed by atoms with van der Waals surface area (Å²) in [6.45, 7) is 5.35. The minimum atomic E-state index is -0.406. The van der Waals surface area contributed by atoms with Crippen molar-refractivity contribution in [2.45, 2.75) is 33.1 Å². The van der Waals surface area contributed by atoms with Crippen LogP contribution in [0.2, 0.25) is 0 Å². The number of hydrogen-bond donors (Lipinski definition) is 0. The van der Waals surface area contributed by atoms with Gasteiger partial charge in [0, 0.05) is 18.6 Å². The Kier molecular flexibility index (Phi) is 2.63. The number of carbonyl (C=O) groups excluding carboxylic acids is 1. The van der Waals surface area contributed by atoms with Crippen molar-refractivity contribution in [3.63, 3.8) is 0 Å². The van der Waals surface area contributed by atoms with E-state index in [0.29, 0.717) is 5.57 Å². The maximum Gasteiger partial charge on any atom is 0.178 e. The van der Waals surface area contributed by atoms with Crippen LogP contribution in [0.1, 0.15) is 33.1 Å². The fraction of sp³-hybridized carbons (Fsp3) is 0.692. The first-order chi connectivity index (χ1) is 7.49. The SMILES string of the molecule is CC1(C)CC2(C=C(C#N)C1=O)CCOCC2. The van der Waals surface area contributed by atoms with Crippen LogP contribution in [0.4, 0.5) is 0 Å². The predicted molar refractivity (Wildman–Crippen MR) is 59.6 cm³/mol. The van der Waals surface area contributed by atoms with E-state index in [1.807, 2.05) is 19.9 Å². The van der Waals surface area contributed by atoms with Crippen molar-refractivity contribution in [2.24, 2.45) is 10.8 Å². The van der Waals surface area contributed by atoms with Crippen LogP contribution in [0.15, 0.2) is 11.6 Å². The van der Waals surface area contributed by atoms with Gasteiger partial charge in [0.2, 0.25) is 0 Å². The second-order valence-corrected chi connectivity index (χ2v) is 5.53. The molecule has 86 valence electrons. The molecule has 0 aromatic heterocycles. The van der Waals surface area contributed by atoms with E-state index in [2.05, 4.69) is 6.07 Å². The monoisotopic (exact) mass is 219 g/mol. The molecule has 1 heterocycles. The molecule has 1 aliphatic carbocycles. The Balaban J connectivity index is 2.39.